The third-order valence-corrected chi connectivity index (χ3v) is 5.69. The van der Waals surface area contributed by atoms with Crippen molar-refractivity contribution >= 4 is 0 Å². The summed E-state index contributed by atoms with van der Waals surface area (Å²) >= 11 is 0. The molecule has 2 saturated carbocycles. The Morgan fingerprint density at radius 1 is 1.27 bits per heavy atom. The van der Waals surface area contributed by atoms with Gasteiger partial charge in [-0.3, -0.25) is 0 Å². The smallest absolute Gasteiger partial charge is 0.00879 e. The molecule has 5 atom stereocenters. The lowest BCUT2D eigenvalue weighted by molar-refractivity contribution is 0.109. The minimum absolute atomic E-state index is 0.469. The van der Waals surface area contributed by atoms with Crippen LogP contribution in [0.25, 0.3) is 0 Å². The highest BCUT2D eigenvalue weighted by atomic mass is 14.6. The van der Waals surface area contributed by atoms with Gasteiger partial charge in [-0.15, -0.1) is 0 Å². The van der Waals surface area contributed by atoms with Crippen LogP contribution in [0.15, 0.2) is 24.3 Å². The Bertz CT molecular complexity index is 325. The number of hydrogen-bond acceptors (Lipinski definition) is 0. The van der Waals surface area contributed by atoms with E-state index in [0.717, 1.165) is 23.7 Å². The third kappa shape index (κ3) is 1.14. The lowest BCUT2D eigenvalue weighted by atomic mass is 9.61. The van der Waals surface area contributed by atoms with Crippen molar-refractivity contribution in [2.24, 2.45) is 29.1 Å². The molecular formula is C15H22. The second-order valence-electron chi connectivity index (χ2n) is 6.27. The molecule has 0 aliphatic heterocycles. The third-order valence-electron chi connectivity index (χ3n) is 5.69. The summed E-state index contributed by atoms with van der Waals surface area (Å²) in [6, 6.07) is 0. The fourth-order valence-electron chi connectivity index (χ4n) is 4.69. The van der Waals surface area contributed by atoms with Gasteiger partial charge in [-0.05, 0) is 61.7 Å². The van der Waals surface area contributed by atoms with Crippen LogP contribution in [0.3, 0.4) is 0 Å². The van der Waals surface area contributed by atoms with Crippen molar-refractivity contribution in [3.63, 3.8) is 0 Å². The summed E-state index contributed by atoms with van der Waals surface area (Å²) in [7, 11) is 0. The van der Waals surface area contributed by atoms with Gasteiger partial charge in [-0.25, -0.2) is 0 Å². The monoisotopic (exact) mass is 202 g/mol. The molecule has 15 heavy (non-hydrogen) atoms. The van der Waals surface area contributed by atoms with Crippen LogP contribution in [0.4, 0.5) is 0 Å². The van der Waals surface area contributed by atoms with E-state index in [1.165, 1.54) is 31.3 Å². The van der Waals surface area contributed by atoms with E-state index < -0.39 is 0 Å². The van der Waals surface area contributed by atoms with Crippen LogP contribution >= 0.6 is 0 Å². The molecule has 3 aliphatic rings. The summed E-state index contributed by atoms with van der Waals surface area (Å²) in [4.78, 5) is 0. The molecule has 0 saturated heterocycles. The second kappa shape index (κ2) is 2.99. The molecule has 3 rings (SSSR count). The fourth-order valence-corrected chi connectivity index (χ4v) is 4.69. The second-order valence-corrected chi connectivity index (χ2v) is 6.27. The van der Waals surface area contributed by atoms with Crippen molar-refractivity contribution in [3.8, 4) is 0 Å². The Morgan fingerprint density at radius 3 is 2.60 bits per heavy atom. The van der Waals surface area contributed by atoms with E-state index in [0.29, 0.717) is 5.41 Å². The number of fused-ring (bicyclic) bond motifs is 5. The van der Waals surface area contributed by atoms with Gasteiger partial charge in [-0.1, -0.05) is 31.2 Å². The normalized spacial score (nSPS) is 51.9. The Balaban J connectivity index is 1.93. The van der Waals surface area contributed by atoms with Crippen molar-refractivity contribution in [2.75, 3.05) is 0 Å². The number of hydrogen-bond donors (Lipinski definition) is 0. The molecule has 0 heteroatoms. The number of rotatable bonds is 1. The summed E-state index contributed by atoms with van der Waals surface area (Å²) in [6.45, 7) is 8.96. The Labute approximate surface area is 93.5 Å². The van der Waals surface area contributed by atoms with Gasteiger partial charge in [0.15, 0.2) is 0 Å². The van der Waals surface area contributed by atoms with Crippen LogP contribution in [0.5, 0.6) is 0 Å². The van der Waals surface area contributed by atoms with Gasteiger partial charge in [0.2, 0.25) is 0 Å². The first kappa shape index (κ1) is 9.69. The maximum absolute atomic E-state index is 4.25. The van der Waals surface area contributed by atoms with Crippen LogP contribution in [0.2, 0.25) is 0 Å². The number of allylic oxidation sites excluding steroid dienone is 3. The molecule has 0 spiro atoms. The SMILES string of the molecule is C=C(C)C1(C)CC2CC1C1CC=CCC21. The molecule has 3 aliphatic carbocycles. The highest BCUT2D eigenvalue weighted by Gasteiger charge is 2.57. The quantitative estimate of drug-likeness (QED) is 0.559. The van der Waals surface area contributed by atoms with Crippen LogP contribution < -0.4 is 0 Å². The van der Waals surface area contributed by atoms with Gasteiger partial charge in [0.1, 0.15) is 0 Å². The molecule has 2 bridgehead atoms. The first-order valence-electron chi connectivity index (χ1n) is 6.44. The molecule has 0 aromatic carbocycles. The minimum atomic E-state index is 0.469. The molecule has 0 aromatic heterocycles. The van der Waals surface area contributed by atoms with Crippen LogP contribution in [-0.2, 0) is 0 Å². The van der Waals surface area contributed by atoms with E-state index in [1.54, 1.807) is 0 Å². The summed E-state index contributed by atoms with van der Waals surface area (Å²) in [6.07, 6.45) is 10.4. The largest absolute Gasteiger partial charge is 0.0996 e. The molecular weight excluding hydrogens is 180 g/mol. The Morgan fingerprint density at radius 2 is 1.93 bits per heavy atom. The highest BCUT2D eigenvalue weighted by Crippen LogP contribution is 2.65. The zero-order valence-corrected chi connectivity index (χ0v) is 10.00. The molecule has 82 valence electrons. The summed E-state index contributed by atoms with van der Waals surface area (Å²) in [5.74, 6) is 3.95. The van der Waals surface area contributed by atoms with Gasteiger partial charge >= 0.3 is 0 Å². The van der Waals surface area contributed by atoms with Crippen molar-refractivity contribution in [1.29, 1.82) is 0 Å². The maximum Gasteiger partial charge on any atom is -0.00879 e. The predicted octanol–water partition coefficient (Wildman–Crippen LogP) is 4.19. The topological polar surface area (TPSA) is 0 Å². The average molecular weight is 202 g/mol. The Kier molecular flexibility index (Phi) is 1.93. The molecule has 2 fully saturated rings. The van der Waals surface area contributed by atoms with E-state index in [1.807, 2.05) is 0 Å². The standard InChI is InChI=1S/C15H22/c1-10(2)15(3)9-11-8-14(15)13-7-5-4-6-12(11)13/h4-5,11-14H,1,6-9H2,2-3H3. The van der Waals surface area contributed by atoms with Crippen molar-refractivity contribution < 1.29 is 0 Å². The van der Waals surface area contributed by atoms with Gasteiger partial charge in [0.05, 0.1) is 0 Å². The van der Waals surface area contributed by atoms with Gasteiger partial charge < -0.3 is 0 Å². The molecule has 0 radical (unpaired) electrons. The van der Waals surface area contributed by atoms with Gasteiger partial charge in [-0.2, -0.15) is 0 Å². The van der Waals surface area contributed by atoms with Crippen molar-refractivity contribution in [1.82, 2.24) is 0 Å². The lowest BCUT2D eigenvalue weighted by Crippen LogP contribution is -2.36. The van der Waals surface area contributed by atoms with E-state index in [4.69, 9.17) is 0 Å². The molecule has 0 heterocycles. The molecule has 0 amide bonds. The average Bonchev–Trinajstić information content (AvgIpc) is 2.74. The molecule has 0 nitrogen and oxygen atoms in total. The summed E-state index contributed by atoms with van der Waals surface area (Å²) in [5.41, 5.74) is 1.90. The van der Waals surface area contributed by atoms with E-state index in [2.05, 4.69) is 32.6 Å². The molecule has 0 aromatic rings. The summed E-state index contributed by atoms with van der Waals surface area (Å²) < 4.78 is 0. The molecule has 0 N–H and O–H groups in total. The maximum atomic E-state index is 4.25. The van der Waals surface area contributed by atoms with Crippen LogP contribution in [0, 0.1) is 29.1 Å². The van der Waals surface area contributed by atoms with E-state index in [9.17, 15) is 0 Å². The fraction of sp³-hybridized carbons (Fsp3) is 0.733. The summed E-state index contributed by atoms with van der Waals surface area (Å²) in [5, 5.41) is 0. The van der Waals surface area contributed by atoms with Crippen LogP contribution in [-0.4, -0.2) is 0 Å². The first-order valence-corrected chi connectivity index (χ1v) is 6.44. The highest BCUT2D eigenvalue weighted by molar-refractivity contribution is 5.20. The zero-order chi connectivity index (χ0) is 10.6. The lowest BCUT2D eigenvalue weighted by Gasteiger charge is -2.44. The van der Waals surface area contributed by atoms with E-state index >= 15 is 0 Å². The van der Waals surface area contributed by atoms with Gasteiger partial charge in [0, 0.05) is 0 Å². The molecule has 5 unspecified atom stereocenters. The van der Waals surface area contributed by atoms with Crippen molar-refractivity contribution in [2.45, 2.75) is 39.5 Å². The predicted molar refractivity (Wildman–Crippen MR) is 64.5 cm³/mol. The minimum Gasteiger partial charge on any atom is -0.0996 e. The Hall–Kier alpha value is -0.520. The zero-order valence-electron chi connectivity index (χ0n) is 10.00. The van der Waals surface area contributed by atoms with Crippen molar-refractivity contribution in [3.05, 3.63) is 24.3 Å². The van der Waals surface area contributed by atoms with Crippen LogP contribution in [0.1, 0.15) is 39.5 Å². The van der Waals surface area contributed by atoms with E-state index in [-0.39, 0.29) is 0 Å². The van der Waals surface area contributed by atoms with Gasteiger partial charge in [0.25, 0.3) is 0 Å². The first-order chi connectivity index (χ1) is 7.13.